The van der Waals surface area contributed by atoms with E-state index in [4.69, 9.17) is 0 Å². The maximum Gasteiger partial charge on any atom is 0.220 e. The van der Waals surface area contributed by atoms with Gasteiger partial charge >= 0.3 is 0 Å². The molecule has 1 aromatic rings. The summed E-state index contributed by atoms with van der Waals surface area (Å²) in [5.41, 5.74) is 1.71. The summed E-state index contributed by atoms with van der Waals surface area (Å²) >= 11 is 0. The molecule has 0 aliphatic carbocycles. The molecule has 1 fully saturated rings. The van der Waals surface area contributed by atoms with Gasteiger partial charge in [0.25, 0.3) is 0 Å². The van der Waals surface area contributed by atoms with Crippen LogP contribution in [0, 0.1) is 0 Å². The minimum absolute atomic E-state index is 0.0321. The van der Waals surface area contributed by atoms with Crippen molar-refractivity contribution in [2.24, 2.45) is 0 Å². The van der Waals surface area contributed by atoms with E-state index in [9.17, 15) is 13.2 Å². The number of carbonyl (C=O) groups excluding carboxylic acids is 1. The van der Waals surface area contributed by atoms with Crippen molar-refractivity contribution in [3.05, 3.63) is 35.4 Å². The number of sulfonamides is 1. The lowest BCUT2D eigenvalue weighted by molar-refractivity contribution is -0.121. The summed E-state index contributed by atoms with van der Waals surface area (Å²) in [7, 11) is 0.635. The molecule has 5 nitrogen and oxygen atoms in total. The fourth-order valence-electron chi connectivity index (χ4n) is 2.88. The zero-order valence-electron chi connectivity index (χ0n) is 16.1. The maximum absolute atomic E-state index is 12.0. The second-order valence-corrected chi connectivity index (χ2v) is 11.7. The highest BCUT2D eigenvalue weighted by atomic mass is 33.1. The highest BCUT2D eigenvalue weighted by Gasteiger charge is 2.16. The van der Waals surface area contributed by atoms with Crippen LogP contribution in [-0.4, -0.2) is 31.4 Å². The van der Waals surface area contributed by atoms with Gasteiger partial charge < -0.3 is 5.32 Å². The summed E-state index contributed by atoms with van der Waals surface area (Å²) in [6, 6.07) is 7.24. The first-order chi connectivity index (χ1) is 12.8. The lowest BCUT2D eigenvalue weighted by Gasteiger charge is -2.10. The van der Waals surface area contributed by atoms with Crippen molar-refractivity contribution >= 4 is 37.5 Å². The molecule has 2 rings (SSSR count). The highest BCUT2D eigenvalue weighted by Crippen LogP contribution is 2.39. The topological polar surface area (TPSA) is 75.3 Å². The van der Waals surface area contributed by atoms with Crippen LogP contribution < -0.4 is 10.0 Å². The van der Waals surface area contributed by atoms with Gasteiger partial charge in [-0.05, 0) is 44.2 Å². The zero-order valence-corrected chi connectivity index (χ0v) is 18.5. The van der Waals surface area contributed by atoms with Crippen molar-refractivity contribution < 1.29 is 13.2 Å². The molecule has 0 saturated carbocycles. The monoisotopic (exact) mass is 430 g/mol. The van der Waals surface area contributed by atoms with E-state index in [0.29, 0.717) is 13.0 Å². The summed E-state index contributed by atoms with van der Waals surface area (Å²) in [6.07, 6.45) is 5.13. The summed E-state index contributed by atoms with van der Waals surface area (Å²) in [6.45, 7) is 4.08. The molecule has 1 unspecified atom stereocenters. The van der Waals surface area contributed by atoms with Crippen molar-refractivity contribution in [3.8, 4) is 0 Å². The van der Waals surface area contributed by atoms with Crippen LogP contribution in [0.1, 0.15) is 57.1 Å². The van der Waals surface area contributed by atoms with Gasteiger partial charge in [-0.15, -0.1) is 0 Å². The van der Waals surface area contributed by atoms with Crippen LogP contribution >= 0.6 is 21.6 Å². The Labute approximate surface area is 171 Å². The number of rotatable bonds is 11. The molecule has 1 aliphatic heterocycles. The predicted octanol–water partition coefficient (Wildman–Crippen LogP) is 3.84. The number of nitrogens with one attached hydrogen (secondary N) is 2. The fraction of sp³-hybridized carbons (Fsp3) is 0.632. The molecule has 1 heterocycles. The van der Waals surface area contributed by atoms with Crippen molar-refractivity contribution in [3.63, 3.8) is 0 Å². The van der Waals surface area contributed by atoms with Crippen LogP contribution in [0.15, 0.2) is 24.3 Å². The van der Waals surface area contributed by atoms with Gasteiger partial charge in [0.05, 0.1) is 5.75 Å². The fourth-order valence-corrected chi connectivity index (χ4v) is 7.35. The average Bonchev–Trinajstić information content (AvgIpc) is 3.10. The molecule has 0 aromatic heterocycles. The molecule has 1 atom stereocenters. The Balaban J connectivity index is 1.65. The SMILES string of the molecule is CC(C)NS(=O)(=O)Cc1ccc(CNC(=O)CCCCC2CCSS2)cc1. The summed E-state index contributed by atoms with van der Waals surface area (Å²) in [5.74, 6) is 1.31. The molecule has 2 N–H and O–H groups in total. The summed E-state index contributed by atoms with van der Waals surface area (Å²) in [4.78, 5) is 12.0. The predicted molar refractivity (Wildman–Crippen MR) is 116 cm³/mol. The van der Waals surface area contributed by atoms with E-state index in [0.717, 1.165) is 29.2 Å². The van der Waals surface area contributed by atoms with Crippen molar-refractivity contribution in [2.75, 3.05) is 5.75 Å². The van der Waals surface area contributed by atoms with Gasteiger partial charge in [-0.3, -0.25) is 4.79 Å². The lowest BCUT2D eigenvalue weighted by atomic mass is 10.1. The van der Waals surface area contributed by atoms with E-state index in [-0.39, 0.29) is 17.7 Å². The minimum Gasteiger partial charge on any atom is -0.352 e. The van der Waals surface area contributed by atoms with Gasteiger partial charge in [-0.25, -0.2) is 13.1 Å². The third kappa shape index (κ3) is 9.36. The second-order valence-electron chi connectivity index (χ2n) is 7.20. The first-order valence-electron chi connectivity index (χ1n) is 9.47. The number of carbonyl (C=O) groups is 1. The average molecular weight is 431 g/mol. The van der Waals surface area contributed by atoms with E-state index in [2.05, 4.69) is 10.0 Å². The van der Waals surface area contributed by atoms with Crippen LogP contribution in [0.5, 0.6) is 0 Å². The molecular formula is C19H30N2O3S3. The Kier molecular flexibility index (Phi) is 9.48. The Morgan fingerprint density at radius 3 is 2.52 bits per heavy atom. The first-order valence-corrected chi connectivity index (χ1v) is 13.5. The van der Waals surface area contributed by atoms with E-state index in [1.165, 1.54) is 18.6 Å². The lowest BCUT2D eigenvalue weighted by Crippen LogP contribution is -2.31. The largest absolute Gasteiger partial charge is 0.352 e. The molecular weight excluding hydrogens is 400 g/mol. The highest BCUT2D eigenvalue weighted by molar-refractivity contribution is 8.77. The van der Waals surface area contributed by atoms with Crippen LogP contribution in [0.25, 0.3) is 0 Å². The summed E-state index contributed by atoms with van der Waals surface area (Å²) in [5, 5.41) is 3.72. The number of unbranched alkanes of at least 4 members (excludes halogenated alkanes) is 1. The van der Waals surface area contributed by atoms with Crippen molar-refractivity contribution in [2.45, 2.75) is 69.5 Å². The maximum atomic E-state index is 12.0. The number of benzene rings is 1. The normalized spacial score (nSPS) is 17.4. The van der Waals surface area contributed by atoms with Gasteiger partial charge in [0.1, 0.15) is 0 Å². The Hall–Kier alpha value is -0.700. The number of hydrogen-bond donors (Lipinski definition) is 2. The number of amides is 1. The van der Waals surface area contributed by atoms with E-state index in [1.807, 2.05) is 33.7 Å². The standard InChI is InChI=1S/C19H30N2O3S3/c1-15(2)21-27(23,24)14-17-9-7-16(8-10-17)13-20-19(22)6-4-3-5-18-11-12-25-26-18/h7-10,15,18,21H,3-6,11-14H2,1-2H3,(H,20,22). The van der Waals surface area contributed by atoms with Crippen LogP contribution in [0.3, 0.4) is 0 Å². The van der Waals surface area contributed by atoms with Gasteiger partial charge in [-0.2, -0.15) is 0 Å². The number of hydrogen-bond acceptors (Lipinski definition) is 5. The quantitative estimate of drug-likeness (QED) is 0.412. The molecule has 0 radical (unpaired) electrons. The van der Waals surface area contributed by atoms with Crippen LogP contribution in [-0.2, 0) is 27.1 Å². The molecule has 0 bridgehead atoms. The molecule has 152 valence electrons. The van der Waals surface area contributed by atoms with E-state index >= 15 is 0 Å². The molecule has 8 heteroatoms. The Morgan fingerprint density at radius 2 is 1.89 bits per heavy atom. The molecule has 1 aliphatic rings. The molecule has 1 amide bonds. The molecule has 1 aromatic carbocycles. The smallest absolute Gasteiger partial charge is 0.220 e. The van der Waals surface area contributed by atoms with Crippen LogP contribution in [0.2, 0.25) is 0 Å². The third-order valence-electron chi connectivity index (χ3n) is 4.19. The van der Waals surface area contributed by atoms with Crippen LogP contribution in [0.4, 0.5) is 0 Å². The molecule has 1 saturated heterocycles. The first kappa shape index (κ1) is 22.6. The minimum atomic E-state index is -3.31. The zero-order chi connectivity index (χ0) is 19.7. The van der Waals surface area contributed by atoms with Crippen molar-refractivity contribution in [1.29, 1.82) is 0 Å². The van der Waals surface area contributed by atoms with E-state index in [1.54, 1.807) is 26.0 Å². The third-order valence-corrected chi connectivity index (χ3v) is 8.74. The Bertz CT molecular complexity index is 685. The van der Waals surface area contributed by atoms with E-state index < -0.39 is 10.0 Å². The summed E-state index contributed by atoms with van der Waals surface area (Å²) < 4.78 is 26.5. The van der Waals surface area contributed by atoms with Gasteiger partial charge in [0.2, 0.25) is 15.9 Å². The Morgan fingerprint density at radius 1 is 1.19 bits per heavy atom. The van der Waals surface area contributed by atoms with Gasteiger partial charge in [0.15, 0.2) is 0 Å². The van der Waals surface area contributed by atoms with Gasteiger partial charge in [0, 0.05) is 30.0 Å². The molecule has 0 spiro atoms. The van der Waals surface area contributed by atoms with Gasteiger partial charge in [-0.1, -0.05) is 52.3 Å². The second kappa shape index (κ2) is 11.3. The molecule has 27 heavy (non-hydrogen) atoms. The van der Waals surface area contributed by atoms with Crippen molar-refractivity contribution in [1.82, 2.24) is 10.0 Å².